The van der Waals surface area contributed by atoms with Gasteiger partial charge in [0.2, 0.25) is 0 Å². The first-order valence-corrected chi connectivity index (χ1v) is 12.0. The molecule has 8 heteroatoms. The Bertz CT molecular complexity index is 920. The quantitative estimate of drug-likeness (QED) is 0.611. The molecule has 2 heterocycles. The summed E-state index contributed by atoms with van der Waals surface area (Å²) in [6.07, 6.45) is 1.26. The zero-order chi connectivity index (χ0) is 23.4. The highest BCUT2D eigenvalue weighted by atomic mass is 35.5. The molecule has 6 nitrogen and oxygen atoms in total. The Morgan fingerprint density at radius 2 is 1.94 bits per heavy atom. The van der Waals surface area contributed by atoms with Gasteiger partial charge in [0.05, 0.1) is 15.6 Å². The Balaban J connectivity index is 1.73. The molecule has 1 aliphatic carbocycles. The summed E-state index contributed by atoms with van der Waals surface area (Å²) in [5.74, 6) is -0.691. The van der Waals surface area contributed by atoms with Crippen molar-refractivity contribution in [3.05, 3.63) is 33.8 Å². The number of aliphatic hydroxyl groups excluding tert-OH is 1. The molecule has 7 atom stereocenters. The Kier molecular flexibility index (Phi) is 6.29. The third-order valence-corrected chi connectivity index (χ3v) is 8.68. The van der Waals surface area contributed by atoms with Gasteiger partial charge in [-0.05, 0) is 55.7 Å². The Morgan fingerprint density at radius 3 is 2.56 bits per heavy atom. The summed E-state index contributed by atoms with van der Waals surface area (Å²) in [4.78, 5) is 25.2. The van der Waals surface area contributed by atoms with Gasteiger partial charge in [0.25, 0.3) is 0 Å². The monoisotopic (exact) mass is 484 g/mol. The van der Waals surface area contributed by atoms with Gasteiger partial charge in [0, 0.05) is 12.3 Å². The maximum Gasteiger partial charge on any atom is 0.338 e. The fourth-order valence-corrected chi connectivity index (χ4v) is 6.55. The van der Waals surface area contributed by atoms with Gasteiger partial charge in [-0.25, -0.2) is 9.59 Å². The molecule has 1 saturated carbocycles. The minimum Gasteiger partial charge on any atom is -0.457 e. The van der Waals surface area contributed by atoms with E-state index in [1.54, 1.807) is 12.1 Å². The number of hydrogen-bond acceptors (Lipinski definition) is 6. The van der Waals surface area contributed by atoms with Crippen molar-refractivity contribution in [3.8, 4) is 0 Å². The van der Waals surface area contributed by atoms with Crippen LogP contribution in [-0.4, -0.2) is 47.1 Å². The molecule has 1 aromatic carbocycles. The summed E-state index contributed by atoms with van der Waals surface area (Å²) in [6.45, 7) is 7.58. The Morgan fingerprint density at radius 1 is 1.22 bits per heavy atom. The summed E-state index contributed by atoms with van der Waals surface area (Å²) < 4.78 is 18.7. The number of rotatable bonds is 5. The van der Waals surface area contributed by atoms with Crippen LogP contribution in [0.3, 0.4) is 0 Å². The first-order valence-electron chi connectivity index (χ1n) is 11.2. The number of carbonyl (C=O) groups is 2. The molecule has 0 radical (unpaired) electrons. The molecule has 2 aliphatic heterocycles. The largest absolute Gasteiger partial charge is 0.457 e. The Hall–Kier alpha value is -1.34. The van der Waals surface area contributed by atoms with E-state index >= 15 is 0 Å². The van der Waals surface area contributed by atoms with Crippen molar-refractivity contribution in [1.82, 2.24) is 0 Å². The lowest BCUT2D eigenvalue weighted by Crippen LogP contribution is -2.62. The molecule has 176 valence electrons. The maximum absolute atomic E-state index is 13.2. The van der Waals surface area contributed by atoms with Crippen LogP contribution in [0.4, 0.5) is 0 Å². The second kappa shape index (κ2) is 8.46. The van der Waals surface area contributed by atoms with Crippen LogP contribution < -0.4 is 0 Å². The molecular formula is C24H30Cl2O6. The smallest absolute Gasteiger partial charge is 0.338 e. The van der Waals surface area contributed by atoms with E-state index < -0.39 is 42.0 Å². The average Bonchev–Trinajstić information content (AvgIpc) is 3.25. The van der Waals surface area contributed by atoms with E-state index in [1.807, 2.05) is 20.8 Å². The van der Waals surface area contributed by atoms with Crippen molar-refractivity contribution in [2.45, 2.75) is 70.4 Å². The molecule has 1 N–H and O–H groups in total. The zero-order valence-electron chi connectivity index (χ0n) is 18.8. The second-order valence-electron chi connectivity index (χ2n) is 9.93. The van der Waals surface area contributed by atoms with Crippen LogP contribution in [0.5, 0.6) is 0 Å². The molecule has 3 aliphatic rings. The highest BCUT2D eigenvalue weighted by molar-refractivity contribution is 6.42. The number of fused-ring (bicyclic) bond motifs is 4. The summed E-state index contributed by atoms with van der Waals surface area (Å²) >= 11 is 12.1. The minimum absolute atomic E-state index is 0.00000864. The van der Waals surface area contributed by atoms with Gasteiger partial charge in [-0.3, -0.25) is 0 Å². The van der Waals surface area contributed by atoms with E-state index in [-0.39, 0.29) is 22.8 Å². The summed E-state index contributed by atoms with van der Waals surface area (Å²) in [6, 6.07) is 4.69. The minimum atomic E-state index is -0.805. The number of carbonyl (C=O) groups excluding carboxylic acids is 2. The molecule has 2 saturated heterocycles. The van der Waals surface area contributed by atoms with Crippen molar-refractivity contribution in [2.75, 3.05) is 6.61 Å². The van der Waals surface area contributed by atoms with Gasteiger partial charge >= 0.3 is 11.9 Å². The van der Waals surface area contributed by atoms with Crippen molar-refractivity contribution in [1.29, 1.82) is 0 Å². The lowest BCUT2D eigenvalue weighted by molar-refractivity contribution is -0.259. The standard InChI is InChI=1S/C24H30Cl2O6/c1-12(2)24-10-18(30-19(28)11-27)23(4,32-24)15-7-5-13(3)20(15)21(24)31-22(29)14-6-8-16(25)17(26)9-14/h6,8-9,12-13,15,18,20-21,27H,5,7,10-11H2,1-4H3/t13-,15-,18-,20-,21+,23+,24-/m1/s1. The van der Waals surface area contributed by atoms with Crippen molar-refractivity contribution in [3.63, 3.8) is 0 Å². The predicted octanol–water partition coefficient (Wildman–Crippen LogP) is 4.67. The topological polar surface area (TPSA) is 82.1 Å². The first kappa shape index (κ1) is 23.8. The second-order valence-corrected chi connectivity index (χ2v) is 10.7. The normalized spacial score (nSPS) is 37.9. The summed E-state index contributed by atoms with van der Waals surface area (Å²) in [7, 11) is 0. The number of aliphatic hydroxyl groups is 1. The molecule has 0 spiro atoms. The van der Waals surface area contributed by atoms with Crippen LogP contribution in [0, 0.1) is 23.7 Å². The molecule has 4 rings (SSSR count). The van der Waals surface area contributed by atoms with E-state index in [9.17, 15) is 14.7 Å². The number of benzene rings is 1. The maximum atomic E-state index is 13.2. The van der Waals surface area contributed by atoms with Crippen LogP contribution in [0.2, 0.25) is 10.0 Å². The van der Waals surface area contributed by atoms with Crippen LogP contribution in [0.1, 0.15) is 57.3 Å². The molecule has 3 fully saturated rings. The highest BCUT2D eigenvalue weighted by Crippen LogP contribution is 2.63. The molecule has 0 unspecified atom stereocenters. The molecule has 0 aromatic heterocycles. The third kappa shape index (κ3) is 3.64. The SMILES string of the molecule is CC(C)[C@@]12C[C@@H](OC(=O)CO)[C@@](C)(O1)[C@@H]1CC[C@@H](C)[C@H]1[C@@H]2OC(=O)c1ccc(Cl)c(Cl)c1. The predicted molar refractivity (Wildman–Crippen MR) is 120 cm³/mol. The number of hydrogen-bond donors (Lipinski definition) is 1. The van der Waals surface area contributed by atoms with Gasteiger partial charge in [0.1, 0.15) is 30.0 Å². The van der Waals surface area contributed by atoms with Crippen molar-refractivity contribution < 1.29 is 28.9 Å². The van der Waals surface area contributed by atoms with Gasteiger partial charge in [0.15, 0.2) is 0 Å². The fraction of sp³-hybridized carbons (Fsp3) is 0.667. The molecular weight excluding hydrogens is 455 g/mol. The van der Waals surface area contributed by atoms with Gasteiger partial charge in [-0.1, -0.05) is 44.0 Å². The van der Waals surface area contributed by atoms with Gasteiger partial charge in [-0.2, -0.15) is 0 Å². The van der Waals surface area contributed by atoms with Crippen LogP contribution >= 0.6 is 23.2 Å². The number of halogens is 2. The fourth-order valence-electron chi connectivity index (χ4n) is 6.25. The van der Waals surface area contributed by atoms with Crippen LogP contribution in [0.15, 0.2) is 18.2 Å². The summed E-state index contributed by atoms with van der Waals surface area (Å²) in [5.41, 5.74) is -1.17. The Labute approximate surface area is 198 Å². The first-order chi connectivity index (χ1) is 15.0. The third-order valence-electron chi connectivity index (χ3n) is 7.95. The molecule has 1 aromatic rings. The molecule has 32 heavy (non-hydrogen) atoms. The van der Waals surface area contributed by atoms with E-state index in [1.165, 1.54) is 6.07 Å². The van der Waals surface area contributed by atoms with Gasteiger partial charge < -0.3 is 19.3 Å². The van der Waals surface area contributed by atoms with E-state index in [0.29, 0.717) is 22.9 Å². The number of esters is 2. The number of ether oxygens (including phenoxy) is 3. The van der Waals surface area contributed by atoms with E-state index in [0.717, 1.165) is 12.8 Å². The highest BCUT2D eigenvalue weighted by Gasteiger charge is 2.72. The summed E-state index contributed by atoms with van der Waals surface area (Å²) in [5, 5.41) is 9.91. The van der Waals surface area contributed by atoms with Crippen LogP contribution in [-0.2, 0) is 19.0 Å². The van der Waals surface area contributed by atoms with Crippen LogP contribution in [0.25, 0.3) is 0 Å². The molecule has 0 amide bonds. The lowest BCUT2D eigenvalue weighted by atomic mass is 9.69. The van der Waals surface area contributed by atoms with Crippen molar-refractivity contribution >= 4 is 35.1 Å². The zero-order valence-corrected chi connectivity index (χ0v) is 20.3. The van der Waals surface area contributed by atoms with Gasteiger partial charge in [-0.15, -0.1) is 0 Å². The van der Waals surface area contributed by atoms with E-state index in [4.69, 9.17) is 37.4 Å². The van der Waals surface area contributed by atoms with E-state index in [2.05, 4.69) is 6.92 Å². The lowest BCUT2D eigenvalue weighted by Gasteiger charge is -2.53. The molecule has 2 bridgehead atoms. The van der Waals surface area contributed by atoms with Crippen molar-refractivity contribution in [2.24, 2.45) is 23.7 Å². The average molecular weight is 485 g/mol.